The molecule has 1 aromatic carbocycles. The summed E-state index contributed by atoms with van der Waals surface area (Å²) in [7, 11) is 0. The summed E-state index contributed by atoms with van der Waals surface area (Å²) >= 11 is 0. The summed E-state index contributed by atoms with van der Waals surface area (Å²) in [5, 5.41) is 9.57. The Balaban J connectivity index is 2.27. The Bertz CT molecular complexity index is 726. The minimum atomic E-state index is -5.13. The summed E-state index contributed by atoms with van der Waals surface area (Å²) in [6.07, 6.45) is -0.800. The van der Waals surface area contributed by atoms with Gasteiger partial charge in [-0.15, -0.1) is 0 Å². The average molecular weight is 339 g/mol. The first-order valence-electron chi connectivity index (χ1n) is 7.69. The maximum atomic E-state index is 13.1. The van der Waals surface area contributed by atoms with Crippen LogP contribution in [-0.4, -0.2) is 29.2 Å². The minimum Gasteiger partial charge on any atom is -0.480 e. The van der Waals surface area contributed by atoms with Gasteiger partial charge >= 0.3 is 18.1 Å². The van der Waals surface area contributed by atoms with Crippen molar-refractivity contribution in [3.8, 4) is 0 Å². The molecule has 1 aliphatic heterocycles. The first-order valence-corrected chi connectivity index (χ1v) is 7.69. The van der Waals surface area contributed by atoms with Crippen LogP contribution in [0.4, 0.5) is 18.9 Å². The number of para-hydroxylation sites is 1. The lowest BCUT2D eigenvalue weighted by atomic mass is 9.77. The molecule has 0 saturated heterocycles. The minimum absolute atomic E-state index is 0.0996. The van der Waals surface area contributed by atoms with Gasteiger partial charge in [-0.25, -0.2) is 4.79 Å². The van der Waals surface area contributed by atoms with Gasteiger partial charge in [-0.05, 0) is 24.0 Å². The van der Waals surface area contributed by atoms with Gasteiger partial charge in [-0.1, -0.05) is 37.3 Å². The van der Waals surface area contributed by atoms with Crippen LogP contribution in [0.15, 0.2) is 30.4 Å². The second kappa shape index (κ2) is 5.65. The molecule has 3 atom stereocenters. The van der Waals surface area contributed by atoms with Crippen LogP contribution >= 0.6 is 0 Å². The van der Waals surface area contributed by atoms with E-state index in [2.05, 4.69) is 0 Å². The van der Waals surface area contributed by atoms with Gasteiger partial charge in [0.2, 0.25) is 0 Å². The van der Waals surface area contributed by atoms with Crippen LogP contribution in [0.1, 0.15) is 30.4 Å². The van der Waals surface area contributed by atoms with E-state index in [-0.39, 0.29) is 11.6 Å². The fourth-order valence-corrected chi connectivity index (χ4v) is 3.78. The number of aryl methyl sites for hydroxylation is 1. The third-order valence-corrected chi connectivity index (χ3v) is 4.74. The lowest BCUT2D eigenvalue weighted by Crippen LogP contribution is -2.57. The number of carboxylic acid groups (broad SMARTS) is 1. The van der Waals surface area contributed by atoms with Crippen LogP contribution in [0.5, 0.6) is 0 Å². The standard InChI is InChI=1S/C17H16F3NO3/c1-2-9-5-3-7-11-10-6-4-8-12(10)14(15(22)23)21(13(9)11)16(24)17(18,19)20/h3-7,10,12,14H,2,8H2,1H3,(H,22,23)/t10-,12-,14+/m0/s1. The van der Waals surface area contributed by atoms with Crippen molar-refractivity contribution in [1.82, 2.24) is 0 Å². The van der Waals surface area contributed by atoms with Gasteiger partial charge < -0.3 is 5.11 Å². The Labute approximate surface area is 136 Å². The first-order chi connectivity index (χ1) is 11.3. The largest absolute Gasteiger partial charge is 0.480 e. The molecule has 3 rings (SSSR count). The van der Waals surface area contributed by atoms with Gasteiger partial charge in [-0.3, -0.25) is 9.69 Å². The molecular weight excluding hydrogens is 323 g/mol. The molecule has 0 spiro atoms. The quantitative estimate of drug-likeness (QED) is 0.842. The number of allylic oxidation sites excluding steroid dienone is 2. The number of anilines is 1. The number of hydrogen-bond donors (Lipinski definition) is 1. The maximum absolute atomic E-state index is 13.1. The van der Waals surface area contributed by atoms with Gasteiger partial charge in [0, 0.05) is 11.8 Å². The van der Waals surface area contributed by atoms with E-state index >= 15 is 0 Å². The lowest BCUT2D eigenvalue weighted by molar-refractivity contribution is -0.172. The number of carbonyl (C=O) groups excluding carboxylic acids is 1. The molecule has 1 N–H and O–H groups in total. The zero-order valence-electron chi connectivity index (χ0n) is 12.9. The Morgan fingerprint density at radius 1 is 1.33 bits per heavy atom. The molecular formula is C17H16F3NO3. The highest BCUT2D eigenvalue weighted by Gasteiger charge is 2.54. The van der Waals surface area contributed by atoms with Crippen molar-refractivity contribution in [2.24, 2.45) is 5.92 Å². The SMILES string of the molecule is CCc1cccc2c1N(C(=O)C(F)(F)F)[C@@H](C(=O)O)[C@H]1CC=C[C@@H]21. The Hall–Kier alpha value is -2.31. The van der Waals surface area contributed by atoms with E-state index in [1.165, 1.54) is 0 Å². The molecule has 1 heterocycles. The molecule has 1 aromatic rings. The molecule has 0 unspecified atom stereocenters. The normalized spacial score (nSPS) is 25.3. The summed E-state index contributed by atoms with van der Waals surface area (Å²) in [5.41, 5.74) is 1.22. The molecule has 1 amide bonds. The number of carbonyl (C=O) groups is 2. The molecule has 4 nitrogen and oxygen atoms in total. The Morgan fingerprint density at radius 2 is 2.04 bits per heavy atom. The van der Waals surface area contributed by atoms with Crippen molar-refractivity contribution in [1.29, 1.82) is 0 Å². The molecule has 0 aromatic heterocycles. The van der Waals surface area contributed by atoms with Crippen molar-refractivity contribution in [3.63, 3.8) is 0 Å². The van der Waals surface area contributed by atoms with Crippen LogP contribution in [0.25, 0.3) is 0 Å². The lowest BCUT2D eigenvalue weighted by Gasteiger charge is -2.43. The van der Waals surface area contributed by atoms with Crippen molar-refractivity contribution < 1.29 is 27.9 Å². The number of alkyl halides is 3. The fourth-order valence-electron chi connectivity index (χ4n) is 3.78. The van der Waals surface area contributed by atoms with Gasteiger partial charge in [0.25, 0.3) is 0 Å². The van der Waals surface area contributed by atoms with Crippen LogP contribution in [0, 0.1) is 5.92 Å². The number of carboxylic acids is 1. The highest BCUT2D eigenvalue weighted by molar-refractivity contribution is 6.04. The molecule has 0 fully saturated rings. The Kier molecular flexibility index (Phi) is 3.89. The monoisotopic (exact) mass is 339 g/mol. The van der Waals surface area contributed by atoms with Crippen molar-refractivity contribution in [2.45, 2.75) is 37.9 Å². The number of halogens is 3. The number of nitrogens with zero attached hydrogens (tertiary/aromatic N) is 1. The summed E-state index contributed by atoms with van der Waals surface area (Å²) in [6, 6.07) is 3.52. The van der Waals surface area contributed by atoms with Crippen molar-refractivity contribution in [2.75, 3.05) is 4.90 Å². The maximum Gasteiger partial charge on any atom is 0.471 e. The van der Waals surface area contributed by atoms with Crippen LogP contribution in [0.2, 0.25) is 0 Å². The molecule has 1 aliphatic carbocycles. The summed E-state index contributed by atoms with van der Waals surface area (Å²) in [6.45, 7) is 1.76. The average Bonchev–Trinajstić information content (AvgIpc) is 3.00. The second-order valence-electron chi connectivity index (χ2n) is 6.02. The number of aliphatic carboxylic acids is 1. The van der Waals surface area contributed by atoms with Crippen LogP contribution in [0.3, 0.4) is 0 Å². The van der Waals surface area contributed by atoms with Crippen molar-refractivity contribution in [3.05, 3.63) is 41.5 Å². The fraction of sp³-hybridized carbons (Fsp3) is 0.412. The number of hydrogen-bond acceptors (Lipinski definition) is 2. The highest BCUT2D eigenvalue weighted by Crippen LogP contribution is 2.49. The van der Waals surface area contributed by atoms with Crippen LogP contribution < -0.4 is 4.90 Å². The molecule has 0 radical (unpaired) electrons. The number of benzene rings is 1. The van der Waals surface area contributed by atoms with E-state index in [1.54, 1.807) is 31.2 Å². The van der Waals surface area contributed by atoms with E-state index in [0.29, 0.717) is 28.9 Å². The van der Waals surface area contributed by atoms with Gasteiger partial charge in [0.1, 0.15) is 6.04 Å². The third kappa shape index (κ3) is 2.39. The van der Waals surface area contributed by atoms with E-state index in [4.69, 9.17) is 0 Å². The predicted octanol–water partition coefficient (Wildman–Crippen LogP) is 3.27. The third-order valence-electron chi connectivity index (χ3n) is 4.74. The summed E-state index contributed by atoms with van der Waals surface area (Å²) in [4.78, 5) is 24.3. The highest BCUT2D eigenvalue weighted by atomic mass is 19.4. The smallest absolute Gasteiger partial charge is 0.471 e. The van der Waals surface area contributed by atoms with E-state index in [1.807, 2.05) is 6.08 Å². The topological polar surface area (TPSA) is 57.6 Å². The molecule has 24 heavy (non-hydrogen) atoms. The van der Waals surface area contributed by atoms with Crippen LogP contribution in [-0.2, 0) is 16.0 Å². The number of amides is 1. The molecule has 0 bridgehead atoms. The summed E-state index contributed by atoms with van der Waals surface area (Å²) in [5.74, 6) is -4.41. The molecule has 7 heteroatoms. The van der Waals surface area contributed by atoms with E-state index < -0.39 is 30.0 Å². The van der Waals surface area contributed by atoms with Crippen molar-refractivity contribution >= 4 is 17.6 Å². The zero-order chi connectivity index (χ0) is 17.6. The zero-order valence-corrected chi connectivity index (χ0v) is 12.9. The molecule has 2 aliphatic rings. The number of fused-ring (bicyclic) bond motifs is 3. The van der Waals surface area contributed by atoms with E-state index in [0.717, 1.165) is 0 Å². The summed E-state index contributed by atoms with van der Waals surface area (Å²) < 4.78 is 39.4. The Morgan fingerprint density at radius 3 is 2.62 bits per heavy atom. The van der Waals surface area contributed by atoms with Gasteiger partial charge in [0.15, 0.2) is 0 Å². The second-order valence-corrected chi connectivity index (χ2v) is 6.02. The van der Waals surface area contributed by atoms with Gasteiger partial charge in [0.05, 0.1) is 5.69 Å². The first kappa shape index (κ1) is 16.5. The molecule has 128 valence electrons. The van der Waals surface area contributed by atoms with E-state index in [9.17, 15) is 27.9 Å². The van der Waals surface area contributed by atoms with Gasteiger partial charge in [-0.2, -0.15) is 13.2 Å². The molecule has 0 saturated carbocycles. The predicted molar refractivity (Wildman–Crippen MR) is 80.8 cm³/mol. The number of rotatable bonds is 2.